The molecule has 0 aliphatic carbocycles. The average Bonchev–Trinajstić information content (AvgIpc) is 3.35. The largest absolute Gasteiger partial charge is 0.493 e. The number of hydrazone groups is 1. The van der Waals surface area contributed by atoms with E-state index in [0.717, 1.165) is 5.56 Å². The van der Waals surface area contributed by atoms with Gasteiger partial charge in [0, 0.05) is 10.6 Å². The third kappa shape index (κ3) is 6.42. The highest BCUT2D eigenvalue weighted by Crippen LogP contribution is 2.32. The molecule has 0 fully saturated rings. The van der Waals surface area contributed by atoms with Crippen molar-refractivity contribution in [3.63, 3.8) is 0 Å². The number of ether oxygens (including phenoxy) is 4. The first-order valence-corrected chi connectivity index (χ1v) is 10.9. The van der Waals surface area contributed by atoms with E-state index in [2.05, 4.69) is 15.8 Å². The smallest absolute Gasteiger partial charge is 0.259 e. The SMILES string of the molecule is COc1cc(C=NNC(=O)CNC(=O)c2ccc3c(c2)OCO3)ccc1OCc1ccc(Cl)cc1. The van der Waals surface area contributed by atoms with E-state index in [-0.39, 0.29) is 13.3 Å². The molecule has 35 heavy (non-hydrogen) atoms. The lowest BCUT2D eigenvalue weighted by molar-refractivity contribution is -0.120. The summed E-state index contributed by atoms with van der Waals surface area (Å²) in [6.45, 7) is 0.228. The van der Waals surface area contributed by atoms with Crippen molar-refractivity contribution in [2.24, 2.45) is 5.10 Å². The lowest BCUT2D eigenvalue weighted by Crippen LogP contribution is -2.34. The van der Waals surface area contributed by atoms with Crippen LogP contribution in [0.25, 0.3) is 0 Å². The quantitative estimate of drug-likeness (QED) is 0.347. The normalized spacial score (nSPS) is 11.8. The minimum Gasteiger partial charge on any atom is -0.493 e. The summed E-state index contributed by atoms with van der Waals surface area (Å²) in [4.78, 5) is 24.3. The molecule has 0 radical (unpaired) electrons. The second-order valence-corrected chi connectivity index (χ2v) is 7.81. The molecular formula is C25H22ClN3O6. The van der Waals surface area contributed by atoms with Crippen molar-refractivity contribution in [3.8, 4) is 23.0 Å². The summed E-state index contributed by atoms with van der Waals surface area (Å²) < 4.78 is 21.7. The van der Waals surface area contributed by atoms with Gasteiger partial charge in [-0.05, 0) is 59.7 Å². The van der Waals surface area contributed by atoms with Crippen LogP contribution in [0.3, 0.4) is 0 Å². The molecule has 1 aliphatic rings. The van der Waals surface area contributed by atoms with Crippen LogP contribution in [0.1, 0.15) is 21.5 Å². The number of amides is 2. The maximum Gasteiger partial charge on any atom is 0.259 e. The number of rotatable bonds is 9. The molecule has 2 N–H and O–H groups in total. The first kappa shape index (κ1) is 23.9. The van der Waals surface area contributed by atoms with Gasteiger partial charge in [0.25, 0.3) is 11.8 Å². The molecule has 0 atom stereocenters. The van der Waals surface area contributed by atoms with Gasteiger partial charge in [0.2, 0.25) is 6.79 Å². The molecule has 3 aromatic carbocycles. The Morgan fingerprint density at radius 1 is 1.03 bits per heavy atom. The summed E-state index contributed by atoms with van der Waals surface area (Å²) >= 11 is 5.90. The summed E-state index contributed by atoms with van der Waals surface area (Å²) in [5, 5.41) is 7.12. The molecule has 0 unspecified atom stereocenters. The van der Waals surface area contributed by atoms with E-state index in [9.17, 15) is 9.59 Å². The van der Waals surface area contributed by atoms with Crippen LogP contribution in [-0.2, 0) is 11.4 Å². The van der Waals surface area contributed by atoms with Crippen molar-refractivity contribution >= 4 is 29.6 Å². The number of fused-ring (bicyclic) bond motifs is 1. The van der Waals surface area contributed by atoms with Gasteiger partial charge in [0.05, 0.1) is 19.9 Å². The van der Waals surface area contributed by atoms with Crippen LogP contribution >= 0.6 is 11.6 Å². The van der Waals surface area contributed by atoms with E-state index < -0.39 is 11.8 Å². The monoisotopic (exact) mass is 495 g/mol. The number of hydrogen-bond acceptors (Lipinski definition) is 7. The first-order valence-electron chi connectivity index (χ1n) is 10.6. The van der Waals surface area contributed by atoms with Gasteiger partial charge in [-0.2, -0.15) is 5.10 Å². The molecule has 9 nitrogen and oxygen atoms in total. The predicted octanol–water partition coefficient (Wildman–Crippen LogP) is 3.54. The Morgan fingerprint density at radius 3 is 2.63 bits per heavy atom. The van der Waals surface area contributed by atoms with Crippen molar-refractivity contribution in [1.29, 1.82) is 0 Å². The lowest BCUT2D eigenvalue weighted by atomic mass is 10.2. The van der Waals surface area contributed by atoms with Crippen molar-refractivity contribution < 1.29 is 28.5 Å². The molecule has 0 saturated heterocycles. The molecule has 1 aliphatic heterocycles. The van der Waals surface area contributed by atoms with Crippen LogP contribution in [0.2, 0.25) is 5.02 Å². The van der Waals surface area contributed by atoms with Crippen LogP contribution < -0.4 is 29.7 Å². The topological polar surface area (TPSA) is 107 Å². The molecule has 0 saturated carbocycles. The second-order valence-electron chi connectivity index (χ2n) is 7.37. The number of hydrogen-bond donors (Lipinski definition) is 2. The third-order valence-electron chi connectivity index (χ3n) is 4.94. The van der Waals surface area contributed by atoms with E-state index in [1.54, 1.807) is 48.5 Å². The summed E-state index contributed by atoms with van der Waals surface area (Å²) in [5.74, 6) is 1.25. The van der Waals surface area contributed by atoms with Gasteiger partial charge in [-0.25, -0.2) is 5.43 Å². The molecular weight excluding hydrogens is 474 g/mol. The Morgan fingerprint density at radius 2 is 1.83 bits per heavy atom. The fraction of sp³-hybridized carbons (Fsp3) is 0.160. The molecule has 1 heterocycles. The van der Waals surface area contributed by atoms with Gasteiger partial charge in [0.1, 0.15) is 6.61 Å². The summed E-state index contributed by atoms with van der Waals surface area (Å²) in [6, 6.07) is 17.4. The summed E-state index contributed by atoms with van der Waals surface area (Å²) in [7, 11) is 1.54. The van der Waals surface area contributed by atoms with Crippen LogP contribution in [0, 0.1) is 0 Å². The Balaban J connectivity index is 1.26. The highest BCUT2D eigenvalue weighted by molar-refractivity contribution is 6.30. The fourth-order valence-electron chi connectivity index (χ4n) is 3.14. The van der Waals surface area contributed by atoms with Crippen molar-refractivity contribution in [2.45, 2.75) is 6.61 Å². The Bertz CT molecular complexity index is 1250. The van der Waals surface area contributed by atoms with Gasteiger partial charge in [0.15, 0.2) is 23.0 Å². The van der Waals surface area contributed by atoms with Crippen molar-refractivity contribution in [2.75, 3.05) is 20.4 Å². The first-order chi connectivity index (χ1) is 17.0. The van der Waals surface area contributed by atoms with E-state index in [0.29, 0.717) is 45.8 Å². The van der Waals surface area contributed by atoms with Crippen molar-refractivity contribution in [3.05, 3.63) is 82.4 Å². The minimum absolute atomic E-state index is 0.117. The number of nitrogens with zero attached hydrogens (tertiary/aromatic N) is 1. The zero-order valence-corrected chi connectivity index (χ0v) is 19.5. The Hall–Kier alpha value is -4.24. The third-order valence-corrected chi connectivity index (χ3v) is 5.19. The van der Waals surface area contributed by atoms with Crippen molar-refractivity contribution in [1.82, 2.24) is 10.7 Å². The number of nitrogens with one attached hydrogen (secondary N) is 2. The number of halogens is 1. The zero-order valence-electron chi connectivity index (χ0n) is 18.7. The van der Waals surface area contributed by atoms with Gasteiger partial charge in [-0.15, -0.1) is 0 Å². The van der Waals surface area contributed by atoms with Crippen LogP contribution in [0.4, 0.5) is 0 Å². The highest BCUT2D eigenvalue weighted by Gasteiger charge is 2.16. The van der Waals surface area contributed by atoms with Gasteiger partial charge in [-0.3, -0.25) is 9.59 Å². The number of carbonyl (C=O) groups is 2. The molecule has 0 aromatic heterocycles. The fourth-order valence-corrected chi connectivity index (χ4v) is 3.27. The molecule has 3 aromatic rings. The van der Waals surface area contributed by atoms with Crippen LogP contribution in [-0.4, -0.2) is 38.5 Å². The second kappa shape index (κ2) is 11.3. The standard InChI is InChI=1S/C25H22ClN3O6/c1-32-22-10-17(4-8-20(22)33-14-16-2-6-19(26)7-3-16)12-28-29-24(30)13-27-25(31)18-5-9-21-23(11-18)35-15-34-21/h2-12H,13-15H2,1H3,(H,27,31)(H,29,30). The van der Waals surface area contributed by atoms with Crippen LogP contribution in [0.15, 0.2) is 65.8 Å². The van der Waals surface area contributed by atoms with Gasteiger partial charge in [-0.1, -0.05) is 23.7 Å². The molecule has 0 bridgehead atoms. The zero-order chi connectivity index (χ0) is 24.6. The van der Waals surface area contributed by atoms with Crippen LogP contribution in [0.5, 0.6) is 23.0 Å². The maximum absolute atomic E-state index is 12.2. The predicted molar refractivity (Wildman–Crippen MR) is 129 cm³/mol. The highest BCUT2D eigenvalue weighted by atomic mass is 35.5. The average molecular weight is 496 g/mol. The lowest BCUT2D eigenvalue weighted by Gasteiger charge is -2.11. The molecule has 0 spiro atoms. The number of carbonyl (C=O) groups excluding carboxylic acids is 2. The van der Waals surface area contributed by atoms with E-state index >= 15 is 0 Å². The Labute approximate surface area is 206 Å². The summed E-state index contributed by atoms with van der Waals surface area (Å²) in [6.07, 6.45) is 1.46. The number of methoxy groups -OCH3 is 1. The number of benzene rings is 3. The maximum atomic E-state index is 12.2. The van der Waals surface area contributed by atoms with E-state index in [4.69, 9.17) is 30.5 Å². The molecule has 180 valence electrons. The van der Waals surface area contributed by atoms with E-state index in [1.807, 2.05) is 12.1 Å². The van der Waals surface area contributed by atoms with E-state index in [1.165, 1.54) is 13.3 Å². The molecule has 10 heteroatoms. The minimum atomic E-state index is -0.481. The summed E-state index contributed by atoms with van der Waals surface area (Å²) in [5.41, 5.74) is 4.38. The van der Waals surface area contributed by atoms with Gasteiger partial charge >= 0.3 is 0 Å². The molecule has 4 rings (SSSR count). The Kier molecular flexibility index (Phi) is 7.69. The van der Waals surface area contributed by atoms with Gasteiger partial charge < -0.3 is 24.3 Å². The molecule has 2 amide bonds.